The molecule has 3 rings (SSSR count). The largest absolute Gasteiger partial charge is 0.335 e. The zero-order valence-corrected chi connectivity index (χ0v) is 12.1. The van der Waals surface area contributed by atoms with E-state index >= 15 is 0 Å². The SMILES string of the molecule is O=NC(Cn1ccnc1)c1ccc(C#CC2CC2)cc1Cl. The molecule has 0 saturated heterocycles. The van der Waals surface area contributed by atoms with Crippen LogP contribution in [0.15, 0.2) is 42.1 Å². The third-order valence-electron chi connectivity index (χ3n) is 3.43. The number of halogens is 1. The van der Waals surface area contributed by atoms with Crippen LogP contribution in [0.2, 0.25) is 5.02 Å². The van der Waals surface area contributed by atoms with Crippen molar-refractivity contribution in [3.05, 3.63) is 58.0 Å². The van der Waals surface area contributed by atoms with Gasteiger partial charge in [-0.05, 0) is 25.0 Å². The van der Waals surface area contributed by atoms with E-state index < -0.39 is 6.04 Å². The molecular weight excluding hydrogens is 286 g/mol. The van der Waals surface area contributed by atoms with Gasteiger partial charge in [-0.3, -0.25) is 0 Å². The van der Waals surface area contributed by atoms with Gasteiger partial charge in [0.15, 0.2) is 0 Å². The topological polar surface area (TPSA) is 47.2 Å². The predicted octanol–water partition coefficient (Wildman–Crippen LogP) is 3.81. The first kappa shape index (κ1) is 13.8. The summed E-state index contributed by atoms with van der Waals surface area (Å²) in [5, 5.41) is 3.72. The van der Waals surface area contributed by atoms with Gasteiger partial charge in [-0.2, -0.15) is 4.91 Å². The maximum absolute atomic E-state index is 11.1. The van der Waals surface area contributed by atoms with Crippen LogP contribution in [0, 0.1) is 22.7 Å². The summed E-state index contributed by atoms with van der Waals surface area (Å²) >= 11 is 6.28. The molecule has 0 amide bonds. The van der Waals surface area contributed by atoms with E-state index in [1.54, 1.807) is 24.8 Å². The van der Waals surface area contributed by atoms with E-state index in [-0.39, 0.29) is 0 Å². The van der Waals surface area contributed by atoms with Crippen molar-refractivity contribution in [3.8, 4) is 11.8 Å². The molecule has 4 nitrogen and oxygen atoms in total. The predicted molar refractivity (Wildman–Crippen MR) is 81.8 cm³/mol. The highest BCUT2D eigenvalue weighted by Crippen LogP contribution is 2.29. The van der Waals surface area contributed by atoms with Gasteiger partial charge in [0.05, 0.1) is 12.9 Å². The molecule has 5 heteroatoms. The van der Waals surface area contributed by atoms with E-state index in [0.717, 1.165) is 11.1 Å². The minimum atomic E-state index is -0.530. The van der Waals surface area contributed by atoms with Crippen molar-refractivity contribution in [2.45, 2.75) is 25.4 Å². The highest BCUT2D eigenvalue weighted by atomic mass is 35.5. The number of nitrogens with zero attached hydrogens (tertiary/aromatic N) is 3. The normalized spacial score (nSPS) is 15.1. The summed E-state index contributed by atoms with van der Waals surface area (Å²) in [6.07, 6.45) is 7.50. The van der Waals surface area contributed by atoms with Gasteiger partial charge in [0.1, 0.15) is 6.04 Å². The smallest absolute Gasteiger partial charge is 0.136 e. The van der Waals surface area contributed by atoms with Crippen LogP contribution in [-0.4, -0.2) is 9.55 Å². The van der Waals surface area contributed by atoms with Crippen molar-refractivity contribution in [2.24, 2.45) is 11.1 Å². The molecule has 0 N–H and O–H groups in total. The first-order valence-corrected chi connectivity index (χ1v) is 7.23. The molecule has 1 heterocycles. The zero-order chi connectivity index (χ0) is 14.7. The summed E-state index contributed by atoms with van der Waals surface area (Å²) in [6, 6.07) is 5.00. The third kappa shape index (κ3) is 3.50. The molecule has 0 bridgehead atoms. The van der Waals surface area contributed by atoms with Crippen LogP contribution in [0.1, 0.15) is 30.0 Å². The molecule has 1 aliphatic carbocycles. The van der Waals surface area contributed by atoms with Crippen molar-refractivity contribution >= 4 is 11.6 Å². The van der Waals surface area contributed by atoms with Gasteiger partial charge >= 0.3 is 0 Å². The molecule has 1 aliphatic rings. The molecule has 1 fully saturated rings. The Morgan fingerprint density at radius 2 is 2.33 bits per heavy atom. The molecule has 2 aromatic rings. The summed E-state index contributed by atoms with van der Waals surface area (Å²) in [7, 11) is 0. The zero-order valence-electron chi connectivity index (χ0n) is 11.4. The molecule has 0 aliphatic heterocycles. The van der Waals surface area contributed by atoms with Gasteiger partial charge in [-0.1, -0.05) is 34.7 Å². The summed E-state index contributed by atoms with van der Waals surface area (Å²) in [4.78, 5) is 15.1. The molecule has 0 radical (unpaired) electrons. The molecular formula is C16H14ClN3O. The van der Waals surface area contributed by atoms with Crippen LogP contribution in [0.5, 0.6) is 0 Å². The standard InChI is InChI=1S/C16H14ClN3O/c17-15-9-13(4-3-12-1-2-12)5-6-14(15)16(19-21)10-20-8-7-18-11-20/h5-9,11-12,16H,1-2,10H2. The Hall–Kier alpha value is -2.12. The van der Waals surface area contributed by atoms with Crippen LogP contribution in [0.25, 0.3) is 0 Å². The lowest BCUT2D eigenvalue weighted by atomic mass is 10.0. The number of imidazole rings is 1. The molecule has 1 unspecified atom stereocenters. The monoisotopic (exact) mass is 299 g/mol. The van der Waals surface area contributed by atoms with E-state index in [1.807, 2.05) is 16.7 Å². The third-order valence-corrected chi connectivity index (χ3v) is 3.75. The molecule has 106 valence electrons. The molecule has 0 spiro atoms. The summed E-state index contributed by atoms with van der Waals surface area (Å²) < 4.78 is 1.81. The van der Waals surface area contributed by atoms with E-state index in [0.29, 0.717) is 17.5 Å². The minimum absolute atomic E-state index is 0.427. The Kier molecular flexibility index (Phi) is 4.03. The van der Waals surface area contributed by atoms with Crippen LogP contribution in [0.3, 0.4) is 0 Å². The number of aromatic nitrogens is 2. The Morgan fingerprint density at radius 1 is 1.48 bits per heavy atom. The van der Waals surface area contributed by atoms with Crippen LogP contribution < -0.4 is 0 Å². The van der Waals surface area contributed by atoms with E-state index in [1.165, 1.54) is 12.8 Å². The molecule has 1 aromatic carbocycles. The van der Waals surface area contributed by atoms with E-state index in [9.17, 15) is 4.91 Å². The fourth-order valence-corrected chi connectivity index (χ4v) is 2.38. The number of nitroso groups, excluding NO2 is 1. The minimum Gasteiger partial charge on any atom is -0.335 e. The summed E-state index contributed by atoms with van der Waals surface area (Å²) in [5.41, 5.74) is 1.60. The molecule has 21 heavy (non-hydrogen) atoms. The second kappa shape index (κ2) is 6.11. The van der Waals surface area contributed by atoms with Gasteiger partial charge in [-0.25, -0.2) is 4.98 Å². The van der Waals surface area contributed by atoms with Crippen molar-refractivity contribution in [1.29, 1.82) is 0 Å². The first-order valence-electron chi connectivity index (χ1n) is 6.85. The fraction of sp³-hybridized carbons (Fsp3) is 0.312. The number of hydrogen-bond donors (Lipinski definition) is 0. The Labute approximate surface area is 128 Å². The number of hydrogen-bond acceptors (Lipinski definition) is 3. The van der Waals surface area contributed by atoms with Crippen molar-refractivity contribution in [3.63, 3.8) is 0 Å². The number of rotatable bonds is 4. The fourth-order valence-electron chi connectivity index (χ4n) is 2.07. The number of benzene rings is 1. The van der Waals surface area contributed by atoms with E-state index in [2.05, 4.69) is 22.0 Å². The second-order valence-electron chi connectivity index (χ2n) is 5.16. The molecule has 1 atom stereocenters. The lowest BCUT2D eigenvalue weighted by Gasteiger charge is -2.12. The lowest BCUT2D eigenvalue weighted by molar-refractivity contribution is 0.575. The summed E-state index contributed by atoms with van der Waals surface area (Å²) in [5.74, 6) is 6.86. The van der Waals surface area contributed by atoms with E-state index in [4.69, 9.17) is 11.6 Å². The van der Waals surface area contributed by atoms with Gasteiger partial charge in [-0.15, -0.1) is 0 Å². The van der Waals surface area contributed by atoms with Crippen molar-refractivity contribution < 1.29 is 0 Å². The maximum atomic E-state index is 11.1. The molecule has 1 aromatic heterocycles. The van der Waals surface area contributed by atoms with Gasteiger partial charge in [0.25, 0.3) is 0 Å². The van der Waals surface area contributed by atoms with Crippen LogP contribution in [-0.2, 0) is 6.54 Å². The van der Waals surface area contributed by atoms with Gasteiger partial charge in [0.2, 0.25) is 0 Å². The van der Waals surface area contributed by atoms with Crippen molar-refractivity contribution in [2.75, 3.05) is 0 Å². The average molecular weight is 300 g/mol. The maximum Gasteiger partial charge on any atom is 0.136 e. The highest BCUT2D eigenvalue weighted by molar-refractivity contribution is 6.31. The Balaban J connectivity index is 1.80. The molecule has 1 saturated carbocycles. The average Bonchev–Trinajstić information content (AvgIpc) is 3.18. The first-order chi connectivity index (χ1) is 10.3. The highest BCUT2D eigenvalue weighted by Gasteiger charge is 2.18. The van der Waals surface area contributed by atoms with Gasteiger partial charge in [0, 0.05) is 34.5 Å². The van der Waals surface area contributed by atoms with Crippen LogP contribution in [0.4, 0.5) is 0 Å². The second-order valence-corrected chi connectivity index (χ2v) is 5.57. The van der Waals surface area contributed by atoms with Crippen LogP contribution >= 0.6 is 11.6 Å². The van der Waals surface area contributed by atoms with Crippen molar-refractivity contribution in [1.82, 2.24) is 9.55 Å². The Morgan fingerprint density at radius 3 is 2.95 bits per heavy atom. The summed E-state index contributed by atoms with van der Waals surface area (Å²) in [6.45, 7) is 0.427. The lowest BCUT2D eigenvalue weighted by Crippen LogP contribution is -2.06. The van der Waals surface area contributed by atoms with Gasteiger partial charge < -0.3 is 4.57 Å². The Bertz CT molecular complexity index is 696. The quantitative estimate of drug-likeness (QED) is 0.637.